The van der Waals surface area contributed by atoms with E-state index in [0.717, 1.165) is 5.52 Å². The highest BCUT2D eigenvalue weighted by Crippen LogP contribution is 2.29. The topological polar surface area (TPSA) is 12.9 Å². The first-order valence-electron chi connectivity index (χ1n) is 4.02. The van der Waals surface area contributed by atoms with Crippen LogP contribution in [-0.4, -0.2) is 4.37 Å². The molecule has 0 fully saturated rings. The fourth-order valence-electron chi connectivity index (χ4n) is 1.49. The molecule has 0 spiro atoms. The van der Waals surface area contributed by atoms with E-state index in [0.29, 0.717) is 0 Å². The number of benzene rings is 2. The molecule has 3 rings (SSSR count). The zero-order chi connectivity index (χ0) is 8.67. The van der Waals surface area contributed by atoms with Crippen LogP contribution in [0.5, 0.6) is 0 Å². The fourth-order valence-corrected chi connectivity index (χ4v) is 3.47. The number of hydrogen-bond acceptors (Lipinski definition) is 2. The normalized spacial score (nSPS) is 10.3. The van der Waals surface area contributed by atoms with E-state index >= 15 is 0 Å². The predicted molar refractivity (Wildman–Crippen MR) is 59.4 cm³/mol. The molecule has 0 saturated heterocycles. The minimum Gasteiger partial charge on any atom is -1.00 e. The maximum Gasteiger partial charge on any atom is 0.324 e. The van der Waals surface area contributed by atoms with Crippen LogP contribution in [0, 0.1) is 0 Å². The van der Waals surface area contributed by atoms with Crippen molar-refractivity contribution < 1.29 is 12.4 Å². The standard InChI is InChI=1S/C10H6NS2.ClH/c1-2-4-8-7(3-1)5-6-9-10(8)12-13-11-9;/h1-6H;1H/q+1;/p-1. The second-order valence-corrected chi connectivity index (χ2v) is 4.74. The molecule has 4 heteroatoms. The van der Waals surface area contributed by atoms with Gasteiger partial charge in [-0.15, -0.1) is 4.37 Å². The zero-order valence-corrected chi connectivity index (χ0v) is 9.49. The van der Waals surface area contributed by atoms with Gasteiger partial charge in [0.25, 0.3) is 15.2 Å². The third kappa shape index (κ3) is 1.38. The lowest BCUT2D eigenvalue weighted by Crippen LogP contribution is -3.00. The van der Waals surface area contributed by atoms with Crippen LogP contribution in [0.2, 0.25) is 0 Å². The molecule has 0 aliphatic rings. The lowest BCUT2D eigenvalue weighted by molar-refractivity contribution is -0.00000237. The van der Waals surface area contributed by atoms with Gasteiger partial charge in [0.05, 0.1) is 5.39 Å². The van der Waals surface area contributed by atoms with Gasteiger partial charge in [-0.1, -0.05) is 24.3 Å². The first-order valence-corrected chi connectivity index (χ1v) is 6.12. The summed E-state index contributed by atoms with van der Waals surface area (Å²) in [4.78, 5) is 0. The molecule has 1 aromatic heterocycles. The third-order valence-corrected chi connectivity index (χ3v) is 4.00. The summed E-state index contributed by atoms with van der Waals surface area (Å²) in [6.07, 6.45) is 0. The molecular formula is C10H6ClNS2. The van der Waals surface area contributed by atoms with Gasteiger partial charge < -0.3 is 12.4 Å². The summed E-state index contributed by atoms with van der Waals surface area (Å²) in [7, 11) is 3.31. The molecule has 0 atom stereocenters. The Hall–Kier alpha value is -0.770. The quantitative estimate of drug-likeness (QED) is 0.418. The van der Waals surface area contributed by atoms with Crippen molar-refractivity contribution in [2.24, 2.45) is 0 Å². The van der Waals surface area contributed by atoms with Crippen molar-refractivity contribution in [3.63, 3.8) is 0 Å². The van der Waals surface area contributed by atoms with Crippen LogP contribution in [0.15, 0.2) is 36.4 Å². The Kier molecular flexibility index (Phi) is 2.63. The van der Waals surface area contributed by atoms with Gasteiger partial charge in [-0.25, -0.2) is 0 Å². The molecular weight excluding hydrogens is 234 g/mol. The number of rotatable bonds is 0. The van der Waals surface area contributed by atoms with E-state index in [9.17, 15) is 0 Å². The largest absolute Gasteiger partial charge is 1.00 e. The van der Waals surface area contributed by atoms with E-state index in [2.05, 4.69) is 40.8 Å². The Bertz CT molecular complexity index is 576. The molecule has 0 aliphatic heterocycles. The van der Waals surface area contributed by atoms with Crippen LogP contribution < -0.4 is 12.4 Å². The van der Waals surface area contributed by atoms with E-state index in [1.807, 2.05) is 0 Å². The van der Waals surface area contributed by atoms with E-state index in [1.54, 1.807) is 20.9 Å². The van der Waals surface area contributed by atoms with Crippen LogP contribution in [0.3, 0.4) is 0 Å². The first kappa shape index (κ1) is 9.77. The monoisotopic (exact) mass is 239 g/mol. The molecule has 70 valence electrons. The van der Waals surface area contributed by atoms with Crippen molar-refractivity contribution >= 4 is 41.9 Å². The molecule has 1 heterocycles. The Morgan fingerprint density at radius 1 is 1.07 bits per heavy atom. The Balaban J connectivity index is 0.000000750. The van der Waals surface area contributed by atoms with Gasteiger partial charge in [0.2, 0.25) is 0 Å². The smallest absolute Gasteiger partial charge is 0.324 e. The van der Waals surface area contributed by atoms with Crippen molar-refractivity contribution in [2.45, 2.75) is 0 Å². The summed E-state index contributed by atoms with van der Waals surface area (Å²) in [5, 5.41) is 2.62. The fraction of sp³-hybridized carbons (Fsp3) is 0. The van der Waals surface area contributed by atoms with E-state index in [4.69, 9.17) is 0 Å². The maximum atomic E-state index is 4.33. The minimum atomic E-state index is 0. The van der Waals surface area contributed by atoms with E-state index < -0.39 is 0 Å². The average molecular weight is 240 g/mol. The lowest BCUT2D eigenvalue weighted by atomic mass is 10.1. The maximum absolute atomic E-state index is 4.33. The van der Waals surface area contributed by atoms with Crippen LogP contribution in [-0.2, 0) is 0 Å². The van der Waals surface area contributed by atoms with Gasteiger partial charge in [0.1, 0.15) is 5.52 Å². The zero-order valence-electron chi connectivity index (χ0n) is 7.11. The Morgan fingerprint density at radius 3 is 2.86 bits per heavy atom. The molecule has 3 aromatic rings. The van der Waals surface area contributed by atoms with Crippen molar-refractivity contribution in [3.05, 3.63) is 36.4 Å². The molecule has 0 amide bonds. The Morgan fingerprint density at radius 2 is 1.93 bits per heavy atom. The van der Waals surface area contributed by atoms with Crippen LogP contribution in [0.1, 0.15) is 0 Å². The molecule has 0 bridgehead atoms. The number of nitrogens with zero attached hydrogens (tertiary/aromatic N) is 1. The van der Waals surface area contributed by atoms with Gasteiger partial charge in [0.15, 0.2) is 0 Å². The summed E-state index contributed by atoms with van der Waals surface area (Å²) in [6.45, 7) is 0. The van der Waals surface area contributed by atoms with Gasteiger partial charge in [0, 0.05) is 0 Å². The third-order valence-electron chi connectivity index (χ3n) is 2.12. The minimum absolute atomic E-state index is 0. The molecule has 2 aromatic carbocycles. The second kappa shape index (κ2) is 3.77. The van der Waals surface area contributed by atoms with E-state index in [-0.39, 0.29) is 12.4 Å². The first-order chi connectivity index (χ1) is 6.45. The highest BCUT2D eigenvalue weighted by Gasteiger charge is 2.12. The van der Waals surface area contributed by atoms with Gasteiger partial charge >= 0.3 is 10.3 Å². The second-order valence-electron chi connectivity index (χ2n) is 2.88. The molecule has 0 unspecified atom stereocenters. The lowest BCUT2D eigenvalue weighted by Gasteiger charge is -1.91. The SMILES string of the molecule is [Cl-].c1ccc2c(c1)ccc1ns[s+]c12. The van der Waals surface area contributed by atoms with Crippen LogP contribution >= 0.6 is 20.9 Å². The molecule has 0 N–H and O–H groups in total. The molecule has 0 saturated carbocycles. The van der Waals surface area contributed by atoms with Crippen molar-refractivity contribution in [1.29, 1.82) is 0 Å². The summed E-state index contributed by atoms with van der Waals surface area (Å²) >= 11 is 0. The number of halogens is 1. The van der Waals surface area contributed by atoms with Crippen molar-refractivity contribution in [3.8, 4) is 0 Å². The summed E-state index contributed by atoms with van der Waals surface area (Å²) < 4.78 is 5.64. The summed E-state index contributed by atoms with van der Waals surface area (Å²) in [6, 6.07) is 12.7. The van der Waals surface area contributed by atoms with Crippen LogP contribution in [0.25, 0.3) is 21.0 Å². The highest BCUT2D eigenvalue weighted by atomic mass is 35.5. The molecule has 14 heavy (non-hydrogen) atoms. The van der Waals surface area contributed by atoms with Crippen LogP contribution in [0.4, 0.5) is 0 Å². The Labute approximate surface area is 95.0 Å². The number of fused-ring (bicyclic) bond motifs is 3. The molecule has 0 radical (unpaired) electrons. The summed E-state index contributed by atoms with van der Waals surface area (Å²) in [5.41, 5.74) is 1.12. The van der Waals surface area contributed by atoms with Gasteiger partial charge in [-0.3, -0.25) is 0 Å². The van der Waals surface area contributed by atoms with Gasteiger partial charge in [-0.05, 0) is 17.5 Å². The summed E-state index contributed by atoms with van der Waals surface area (Å²) in [5.74, 6) is 0. The van der Waals surface area contributed by atoms with Crippen molar-refractivity contribution in [2.75, 3.05) is 0 Å². The van der Waals surface area contributed by atoms with E-state index in [1.165, 1.54) is 15.5 Å². The van der Waals surface area contributed by atoms with Crippen molar-refractivity contribution in [1.82, 2.24) is 4.37 Å². The number of hydrogen-bond donors (Lipinski definition) is 0. The predicted octanol–water partition coefficient (Wildman–Crippen LogP) is 0.796. The highest BCUT2D eigenvalue weighted by molar-refractivity contribution is 7.70. The molecule has 1 nitrogen and oxygen atoms in total. The van der Waals surface area contributed by atoms with Gasteiger partial charge in [-0.2, -0.15) is 0 Å². The number of aromatic nitrogens is 1. The average Bonchev–Trinajstić information content (AvgIpc) is 2.65. The molecule has 0 aliphatic carbocycles.